The van der Waals surface area contributed by atoms with Crippen molar-refractivity contribution in [2.24, 2.45) is 5.11 Å². The highest BCUT2D eigenvalue weighted by atomic mass is 31.2. The van der Waals surface area contributed by atoms with Gasteiger partial charge in [-0.2, -0.15) is 0 Å². The third-order valence-electron chi connectivity index (χ3n) is 3.23. The topological polar surface area (TPSA) is 132 Å². The Morgan fingerprint density at radius 1 is 1.24 bits per heavy atom. The van der Waals surface area contributed by atoms with Crippen molar-refractivity contribution in [2.45, 2.75) is 18.8 Å². The van der Waals surface area contributed by atoms with Gasteiger partial charge < -0.3 is 14.6 Å². The Morgan fingerprint density at radius 2 is 1.88 bits per heavy atom. The molecule has 10 nitrogen and oxygen atoms in total. The van der Waals surface area contributed by atoms with Gasteiger partial charge in [-0.05, 0) is 23.2 Å². The van der Waals surface area contributed by atoms with Crippen molar-refractivity contribution in [3.8, 4) is 5.75 Å². The molecule has 0 fully saturated rings. The van der Waals surface area contributed by atoms with Crippen LogP contribution < -0.4 is 4.74 Å². The highest BCUT2D eigenvalue weighted by Gasteiger charge is 2.28. The van der Waals surface area contributed by atoms with Crippen LogP contribution in [-0.4, -0.2) is 51.8 Å². The van der Waals surface area contributed by atoms with Crippen molar-refractivity contribution in [3.05, 3.63) is 40.3 Å². The van der Waals surface area contributed by atoms with Crippen LogP contribution in [0.3, 0.4) is 0 Å². The molecule has 25 heavy (non-hydrogen) atoms. The monoisotopic (exact) mass is 375 g/mol. The third kappa shape index (κ3) is 7.41. The maximum atomic E-state index is 11.9. The van der Waals surface area contributed by atoms with Gasteiger partial charge in [-0.1, -0.05) is 17.2 Å². The number of azide groups is 1. The molecule has 0 unspecified atom stereocenters. The fraction of sp³-hybridized carbons (Fsp3) is 0.571. The first-order chi connectivity index (χ1) is 12.0. The van der Waals surface area contributed by atoms with E-state index in [1.165, 1.54) is 14.2 Å². The molecule has 0 saturated heterocycles. The molecule has 0 bridgehead atoms. The van der Waals surface area contributed by atoms with Crippen molar-refractivity contribution in [2.75, 3.05) is 34.5 Å². The molecule has 0 aliphatic rings. The normalized spacial score (nSPS) is 13.8. The van der Waals surface area contributed by atoms with Gasteiger partial charge in [0, 0.05) is 19.1 Å². The van der Waals surface area contributed by atoms with Crippen LogP contribution in [0.2, 0.25) is 0 Å². The zero-order valence-electron chi connectivity index (χ0n) is 14.3. The molecule has 1 N–H and O–H groups in total. The van der Waals surface area contributed by atoms with Gasteiger partial charge >= 0.3 is 7.82 Å². The number of hydrogen-bond donors (Lipinski definition) is 1. The summed E-state index contributed by atoms with van der Waals surface area (Å²) in [7, 11) is 0.195. The molecule has 0 saturated carbocycles. The van der Waals surface area contributed by atoms with E-state index in [0.717, 1.165) is 5.56 Å². The van der Waals surface area contributed by atoms with E-state index in [1.807, 2.05) is 0 Å². The number of aliphatic hydroxyl groups is 1. The Morgan fingerprint density at radius 3 is 2.40 bits per heavy atom. The molecule has 0 radical (unpaired) electrons. The Bertz CT molecular complexity index is 599. The SMILES string of the molecule is COc1ccc(CO[C@@H](COP(=O)(OC)OC)[C@@H](O)CN=[N+]=[N-])cc1. The quantitative estimate of drug-likeness (QED) is 0.257. The first-order valence-electron chi connectivity index (χ1n) is 7.27. The van der Waals surface area contributed by atoms with Crippen molar-refractivity contribution in [1.82, 2.24) is 0 Å². The number of hydrogen-bond acceptors (Lipinski definition) is 8. The van der Waals surface area contributed by atoms with Gasteiger partial charge in [-0.3, -0.25) is 13.6 Å². The summed E-state index contributed by atoms with van der Waals surface area (Å²) in [6.45, 7) is -0.357. The molecule has 1 aromatic rings. The van der Waals surface area contributed by atoms with E-state index in [0.29, 0.717) is 5.75 Å². The predicted octanol–water partition coefficient (Wildman–Crippen LogP) is 2.67. The molecule has 0 amide bonds. The molecule has 140 valence electrons. The van der Waals surface area contributed by atoms with Crippen molar-refractivity contribution >= 4 is 7.82 Å². The van der Waals surface area contributed by atoms with E-state index in [4.69, 9.17) is 19.5 Å². The van der Waals surface area contributed by atoms with Crippen LogP contribution in [0.4, 0.5) is 0 Å². The van der Waals surface area contributed by atoms with E-state index < -0.39 is 20.0 Å². The average molecular weight is 375 g/mol. The van der Waals surface area contributed by atoms with E-state index >= 15 is 0 Å². The average Bonchev–Trinajstić information content (AvgIpc) is 2.66. The minimum absolute atomic E-state index is 0.148. The molecule has 1 rings (SSSR count). The minimum atomic E-state index is -3.72. The second kappa shape index (κ2) is 11.1. The predicted molar refractivity (Wildman–Crippen MR) is 89.2 cm³/mol. The summed E-state index contributed by atoms with van der Waals surface area (Å²) in [6, 6.07) is 7.13. The largest absolute Gasteiger partial charge is 0.497 e. The number of ether oxygens (including phenoxy) is 2. The highest BCUT2D eigenvalue weighted by Crippen LogP contribution is 2.47. The summed E-state index contributed by atoms with van der Waals surface area (Å²) in [6.07, 6.45) is -2.07. The molecule has 11 heteroatoms. The lowest BCUT2D eigenvalue weighted by molar-refractivity contribution is -0.0668. The zero-order chi connectivity index (χ0) is 18.7. The van der Waals surface area contributed by atoms with Crippen LogP contribution in [0.1, 0.15) is 5.56 Å². The Balaban J connectivity index is 2.72. The van der Waals surface area contributed by atoms with Crippen molar-refractivity contribution < 1.29 is 32.7 Å². The fourth-order valence-corrected chi connectivity index (χ4v) is 2.47. The molecule has 0 heterocycles. The molecular weight excluding hydrogens is 353 g/mol. The summed E-state index contributed by atoms with van der Waals surface area (Å²) in [5, 5.41) is 13.4. The van der Waals surface area contributed by atoms with Gasteiger partial charge in [0.25, 0.3) is 0 Å². The molecule has 1 aromatic carbocycles. The van der Waals surface area contributed by atoms with E-state index in [-0.39, 0.29) is 19.8 Å². The number of benzene rings is 1. The van der Waals surface area contributed by atoms with Crippen LogP contribution >= 0.6 is 7.82 Å². The van der Waals surface area contributed by atoms with E-state index in [2.05, 4.69) is 19.1 Å². The van der Waals surface area contributed by atoms with Crippen LogP contribution in [0.15, 0.2) is 29.4 Å². The summed E-state index contributed by atoms with van der Waals surface area (Å²) in [5.74, 6) is 0.702. The molecule has 0 aliphatic heterocycles. The summed E-state index contributed by atoms with van der Waals surface area (Å²) in [5.41, 5.74) is 9.19. The Labute approximate surface area is 145 Å². The Kier molecular flexibility index (Phi) is 9.48. The second-order valence-electron chi connectivity index (χ2n) is 4.79. The lowest BCUT2D eigenvalue weighted by atomic mass is 10.2. The number of phosphoric ester groups is 1. The van der Waals surface area contributed by atoms with Crippen molar-refractivity contribution in [1.29, 1.82) is 0 Å². The van der Waals surface area contributed by atoms with Gasteiger partial charge in [0.2, 0.25) is 0 Å². The lowest BCUT2D eigenvalue weighted by Crippen LogP contribution is -2.35. The number of aliphatic hydroxyl groups excluding tert-OH is 1. The highest BCUT2D eigenvalue weighted by molar-refractivity contribution is 7.48. The van der Waals surface area contributed by atoms with E-state index in [9.17, 15) is 9.67 Å². The zero-order valence-corrected chi connectivity index (χ0v) is 15.2. The first-order valence-corrected chi connectivity index (χ1v) is 8.73. The molecular formula is C14H22N3O7P. The van der Waals surface area contributed by atoms with E-state index in [1.54, 1.807) is 31.4 Å². The van der Waals surface area contributed by atoms with Gasteiger partial charge in [-0.15, -0.1) is 0 Å². The maximum Gasteiger partial charge on any atom is 0.474 e. The number of nitrogens with zero attached hydrogens (tertiary/aromatic N) is 3. The number of methoxy groups -OCH3 is 1. The van der Waals surface area contributed by atoms with Crippen LogP contribution in [0.5, 0.6) is 5.75 Å². The van der Waals surface area contributed by atoms with Crippen LogP contribution in [0.25, 0.3) is 10.4 Å². The van der Waals surface area contributed by atoms with Gasteiger partial charge in [0.05, 0.1) is 33.0 Å². The minimum Gasteiger partial charge on any atom is -0.497 e. The summed E-state index contributed by atoms with van der Waals surface area (Å²) in [4.78, 5) is 2.59. The summed E-state index contributed by atoms with van der Waals surface area (Å²) < 4.78 is 37.0. The second-order valence-corrected chi connectivity index (χ2v) is 6.67. The fourth-order valence-electron chi connectivity index (χ4n) is 1.78. The maximum absolute atomic E-state index is 11.9. The smallest absolute Gasteiger partial charge is 0.474 e. The molecule has 0 aromatic heterocycles. The standard InChI is InChI=1S/C14H22N3O7P/c1-20-12-6-4-11(5-7-12)9-23-14(13(18)8-16-17-15)10-24-25(19,21-2)22-3/h4-7,13-14,18H,8-10H2,1-3H3/t13-,14-/m0/s1. The van der Waals surface area contributed by atoms with Gasteiger partial charge in [0.1, 0.15) is 11.9 Å². The van der Waals surface area contributed by atoms with Crippen molar-refractivity contribution in [3.63, 3.8) is 0 Å². The Hall–Kier alpha value is -1.64. The molecule has 0 spiro atoms. The lowest BCUT2D eigenvalue weighted by Gasteiger charge is -2.24. The van der Waals surface area contributed by atoms with Crippen LogP contribution in [0, 0.1) is 0 Å². The molecule has 0 aliphatic carbocycles. The van der Waals surface area contributed by atoms with Gasteiger partial charge in [0.15, 0.2) is 0 Å². The number of phosphoric acid groups is 1. The van der Waals surface area contributed by atoms with Crippen LogP contribution in [-0.2, 0) is 29.5 Å². The first kappa shape index (κ1) is 21.4. The molecule has 2 atom stereocenters. The third-order valence-corrected chi connectivity index (χ3v) is 4.59. The number of rotatable bonds is 12. The summed E-state index contributed by atoms with van der Waals surface area (Å²) >= 11 is 0. The van der Waals surface area contributed by atoms with Gasteiger partial charge in [-0.25, -0.2) is 4.57 Å².